The average Bonchev–Trinajstić information content (AvgIpc) is 2.60. The van der Waals surface area contributed by atoms with Crippen LogP contribution in [0.3, 0.4) is 0 Å². The highest BCUT2D eigenvalue weighted by molar-refractivity contribution is 8.03. The van der Waals surface area contributed by atoms with Gasteiger partial charge in [-0.15, -0.1) is 0 Å². The van der Waals surface area contributed by atoms with Gasteiger partial charge in [-0.05, 0) is 37.0 Å². The zero-order chi connectivity index (χ0) is 18.4. The fraction of sp³-hybridized carbons (Fsp3) is 0.882. The van der Waals surface area contributed by atoms with Crippen molar-refractivity contribution in [3.8, 4) is 0 Å². The first-order valence-electron chi connectivity index (χ1n) is 8.98. The van der Waals surface area contributed by atoms with Crippen molar-refractivity contribution >= 4 is 33.5 Å². The minimum absolute atomic E-state index is 0.0641. The van der Waals surface area contributed by atoms with E-state index in [1.807, 2.05) is 13.8 Å². The zero-order valence-electron chi connectivity index (χ0n) is 14.9. The Kier molecular flexibility index (Phi) is 8.06. The molecular formula is C17H28O6S2. The van der Waals surface area contributed by atoms with Crippen molar-refractivity contribution in [2.45, 2.75) is 50.5 Å². The van der Waals surface area contributed by atoms with Crippen LogP contribution in [-0.4, -0.2) is 49.7 Å². The van der Waals surface area contributed by atoms with Crippen molar-refractivity contribution in [3.05, 3.63) is 0 Å². The number of esters is 2. The van der Waals surface area contributed by atoms with Crippen molar-refractivity contribution in [2.24, 2.45) is 17.8 Å². The van der Waals surface area contributed by atoms with Gasteiger partial charge in [0.1, 0.15) is 4.58 Å². The number of hydrogen-bond acceptors (Lipinski definition) is 6. The fourth-order valence-corrected chi connectivity index (χ4v) is 7.70. The maximum absolute atomic E-state index is 12.9. The number of cyclic esters (lactones) is 2. The molecule has 0 aliphatic carbocycles. The molecule has 2 aliphatic rings. The molecule has 8 heteroatoms. The van der Waals surface area contributed by atoms with Crippen LogP contribution in [-0.2, 0) is 40.7 Å². The number of ether oxygens (including phenoxy) is 2. The van der Waals surface area contributed by atoms with Crippen LogP contribution in [0.25, 0.3) is 0 Å². The molecule has 2 fully saturated rings. The molecule has 2 aliphatic heterocycles. The molecule has 0 aromatic carbocycles. The molecule has 2 rings (SSSR count). The molecule has 2 saturated heterocycles. The third-order valence-electron chi connectivity index (χ3n) is 5.13. The van der Waals surface area contributed by atoms with Crippen molar-refractivity contribution in [2.75, 3.05) is 24.7 Å². The Morgan fingerprint density at radius 3 is 2.28 bits per heavy atom. The van der Waals surface area contributed by atoms with Crippen LogP contribution < -0.4 is 0 Å². The Labute approximate surface area is 154 Å². The van der Waals surface area contributed by atoms with Crippen LogP contribution in [0, 0.1) is 17.8 Å². The molecule has 0 spiro atoms. The molecular weight excluding hydrogens is 364 g/mol. The van der Waals surface area contributed by atoms with E-state index in [-0.39, 0.29) is 29.7 Å². The maximum Gasteiger partial charge on any atom is 0.306 e. The summed E-state index contributed by atoms with van der Waals surface area (Å²) < 4.78 is 35.0. The molecule has 2 heterocycles. The molecule has 144 valence electrons. The van der Waals surface area contributed by atoms with Gasteiger partial charge in [-0.1, -0.05) is 13.8 Å². The number of rotatable bonds is 8. The summed E-state index contributed by atoms with van der Waals surface area (Å²) in [6, 6.07) is 0. The molecule has 6 nitrogen and oxygen atoms in total. The van der Waals surface area contributed by atoms with E-state index in [1.165, 1.54) is 0 Å². The summed E-state index contributed by atoms with van der Waals surface area (Å²) in [7, 11) is -2.44. The summed E-state index contributed by atoms with van der Waals surface area (Å²) in [6.45, 7) is 4.61. The van der Waals surface area contributed by atoms with E-state index in [2.05, 4.69) is 0 Å². The van der Waals surface area contributed by atoms with Crippen LogP contribution in [0.2, 0.25) is 0 Å². The van der Waals surface area contributed by atoms with Gasteiger partial charge in [0.2, 0.25) is 0 Å². The molecule has 0 amide bonds. The summed E-state index contributed by atoms with van der Waals surface area (Å²) in [5.74, 6) is 0.672. The topological polar surface area (TPSA) is 86.7 Å². The Bertz CT molecular complexity index is 535. The number of carbonyl (C=O) groups excluding carboxylic acids is 2. The largest absolute Gasteiger partial charge is 0.466 e. The first kappa shape index (κ1) is 20.6. The van der Waals surface area contributed by atoms with Crippen LogP contribution in [0.1, 0.15) is 46.0 Å². The number of hydrogen-bond donors (Lipinski definition) is 0. The Balaban J connectivity index is 1.97. The van der Waals surface area contributed by atoms with Gasteiger partial charge in [-0.3, -0.25) is 18.0 Å². The second-order valence-corrected chi connectivity index (χ2v) is 10.6. The quantitative estimate of drug-likeness (QED) is 0.585. The monoisotopic (exact) mass is 392 g/mol. The minimum atomic E-state index is -1.25. The van der Waals surface area contributed by atoms with E-state index in [9.17, 15) is 18.0 Å². The Morgan fingerprint density at radius 2 is 1.68 bits per heavy atom. The Hall–Kier alpha value is -0.760. The van der Waals surface area contributed by atoms with Gasteiger partial charge < -0.3 is 9.47 Å². The molecule has 0 saturated carbocycles. The first-order valence-corrected chi connectivity index (χ1v) is 11.7. The van der Waals surface area contributed by atoms with E-state index in [0.717, 1.165) is 12.8 Å². The van der Waals surface area contributed by atoms with Gasteiger partial charge in [0.25, 0.3) is 0 Å². The Morgan fingerprint density at radius 1 is 1.04 bits per heavy atom. The van der Waals surface area contributed by atoms with Crippen LogP contribution in [0.4, 0.5) is 0 Å². The molecule has 0 N–H and O–H groups in total. The van der Waals surface area contributed by atoms with Gasteiger partial charge in [-0.25, -0.2) is 0 Å². The number of carbonyl (C=O) groups is 2. The second-order valence-electron chi connectivity index (χ2n) is 6.82. The highest BCUT2D eigenvalue weighted by atomic mass is 32.2. The lowest BCUT2D eigenvalue weighted by atomic mass is 9.88. The lowest BCUT2D eigenvalue weighted by Gasteiger charge is -2.32. The molecule has 0 aromatic rings. The van der Waals surface area contributed by atoms with Gasteiger partial charge in [0, 0.05) is 45.9 Å². The fourth-order valence-electron chi connectivity index (χ4n) is 3.51. The van der Waals surface area contributed by atoms with Gasteiger partial charge >= 0.3 is 11.9 Å². The normalized spacial score (nSPS) is 29.2. The average molecular weight is 393 g/mol. The molecule has 0 bridgehead atoms. The van der Waals surface area contributed by atoms with E-state index in [0.29, 0.717) is 44.0 Å². The molecule has 0 aromatic heterocycles. The highest BCUT2D eigenvalue weighted by Crippen LogP contribution is 2.31. The summed E-state index contributed by atoms with van der Waals surface area (Å²) in [5.41, 5.74) is 0. The highest BCUT2D eigenvalue weighted by Gasteiger charge is 2.36. The second kappa shape index (κ2) is 9.80. The summed E-state index contributed by atoms with van der Waals surface area (Å²) >= 11 is 0. The van der Waals surface area contributed by atoms with Crippen molar-refractivity contribution < 1.29 is 27.5 Å². The van der Waals surface area contributed by atoms with Gasteiger partial charge in [0.15, 0.2) is 0 Å². The third kappa shape index (κ3) is 5.88. The molecule has 0 radical (unpaired) electrons. The van der Waals surface area contributed by atoms with Crippen LogP contribution in [0.5, 0.6) is 0 Å². The standard InChI is InChI=1S/C17H28O6S2/c1-3-24(20)17(12(2)14-5-8-23-16(19)11-14)25(21)9-6-13-4-7-22-15(18)10-13/h12-14,17H,3-11H2,1-2H3. The SMILES string of the molecule is CCS(=O)C(C(C)C1CCOC(=O)C1)S(=O)CCC1CCOC(=O)C1. The van der Waals surface area contributed by atoms with E-state index < -0.39 is 26.2 Å². The zero-order valence-corrected chi connectivity index (χ0v) is 16.6. The summed E-state index contributed by atoms with van der Waals surface area (Å²) in [5, 5.41) is 0. The van der Waals surface area contributed by atoms with Crippen LogP contribution in [0.15, 0.2) is 0 Å². The van der Waals surface area contributed by atoms with Gasteiger partial charge in [-0.2, -0.15) is 0 Å². The minimum Gasteiger partial charge on any atom is -0.466 e. The predicted molar refractivity (Wildman–Crippen MR) is 96.6 cm³/mol. The smallest absolute Gasteiger partial charge is 0.306 e. The van der Waals surface area contributed by atoms with E-state index in [1.54, 1.807) is 0 Å². The third-order valence-corrected chi connectivity index (χ3v) is 9.52. The predicted octanol–water partition coefficient (Wildman–Crippen LogP) is 1.76. The molecule has 6 atom stereocenters. The lowest BCUT2D eigenvalue weighted by Crippen LogP contribution is -2.38. The van der Waals surface area contributed by atoms with Gasteiger partial charge in [0.05, 0.1) is 13.2 Å². The summed E-state index contributed by atoms with van der Waals surface area (Å²) in [4.78, 5) is 22.9. The van der Waals surface area contributed by atoms with E-state index in [4.69, 9.17) is 9.47 Å². The molecule has 25 heavy (non-hydrogen) atoms. The van der Waals surface area contributed by atoms with Crippen molar-refractivity contribution in [1.82, 2.24) is 0 Å². The van der Waals surface area contributed by atoms with Crippen molar-refractivity contribution in [1.29, 1.82) is 0 Å². The first-order chi connectivity index (χ1) is 11.9. The van der Waals surface area contributed by atoms with Crippen molar-refractivity contribution in [3.63, 3.8) is 0 Å². The lowest BCUT2D eigenvalue weighted by molar-refractivity contribution is -0.150. The molecule has 6 unspecified atom stereocenters. The summed E-state index contributed by atoms with van der Waals surface area (Å²) in [6.07, 6.45) is 2.90. The van der Waals surface area contributed by atoms with Crippen LogP contribution >= 0.6 is 0 Å². The van der Waals surface area contributed by atoms with E-state index >= 15 is 0 Å². The maximum atomic E-state index is 12.9.